The summed E-state index contributed by atoms with van der Waals surface area (Å²) >= 11 is 0. The molecule has 1 heterocycles. The van der Waals surface area contributed by atoms with E-state index in [-0.39, 0.29) is 17.9 Å². The Hall–Kier alpha value is -2.86. The number of para-hydroxylation sites is 1. The number of hydrogen-bond donors (Lipinski definition) is 2. The molecule has 2 amide bonds. The van der Waals surface area contributed by atoms with E-state index in [9.17, 15) is 9.59 Å². The first-order valence-corrected chi connectivity index (χ1v) is 9.07. The molecule has 0 saturated carbocycles. The molecule has 6 nitrogen and oxygen atoms in total. The Balaban J connectivity index is 1.53. The fourth-order valence-corrected chi connectivity index (χ4v) is 3.25. The Bertz CT molecular complexity index is 805. The van der Waals surface area contributed by atoms with Gasteiger partial charge in [-0.1, -0.05) is 30.3 Å². The summed E-state index contributed by atoms with van der Waals surface area (Å²) < 4.78 is 5.64. The van der Waals surface area contributed by atoms with Gasteiger partial charge in [0.1, 0.15) is 5.75 Å². The van der Waals surface area contributed by atoms with E-state index in [1.54, 1.807) is 19.2 Å². The van der Waals surface area contributed by atoms with Crippen LogP contribution in [0.5, 0.6) is 5.75 Å². The second-order valence-electron chi connectivity index (χ2n) is 6.74. The second-order valence-corrected chi connectivity index (χ2v) is 6.74. The number of ether oxygens (including phenoxy) is 1. The Kier molecular flexibility index (Phi) is 6.08. The van der Waals surface area contributed by atoms with E-state index in [1.165, 1.54) is 0 Å². The smallest absolute Gasteiger partial charge is 0.251 e. The molecule has 1 aliphatic rings. The molecule has 2 N–H and O–H groups in total. The summed E-state index contributed by atoms with van der Waals surface area (Å²) in [7, 11) is 3.52. The van der Waals surface area contributed by atoms with Crippen LogP contribution in [0.25, 0.3) is 0 Å². The van der Waals surface area contributed by atoms with Crippen molar-refractivity contribution >= 4 is 11.8 Å². The minimum atomic E-state index is -0.106. The highest BCUT2D eigenvalue weighted by Gasteiger charge is 2.22. The van der Waals surface area contributed by atoms with Gasteiger partial charge in [0.15, 0.2) is 0 Å². The van der Waals surface area contributed by atoms with Gasteiger partial charge in [0, 0.05) is 31.1 Å². The van der Waals surface area contributed by atoms with Gasteiger partial charge in [-0.05, 0) is 30.8 Å². The van der Waals surface area contributed by atoms with Gasteiger partial charge in [-0.3, -0.25) is 14.5 Å². The van der Waals surface area contributed by atoms with Gasteiger partial charge in [-0.25, -0.2) is 0 Å². The first kappa shape index (κ1) is 18.9. The SMILES string of the molecule is CNC(=O)c1ccc(CN(C)CC(=O)NC2CCOc3ccccc32)cc1. The van der Waals surface area contributed by atoms with Crippen LogP contribution in [0.4, 0.5) is 0 Å². The molecular weight excluding hydrogens is 342 g/mol. The number of amides is 2. The van der Waals surface area contributed by atoms with Crippen molar-refractivity contribution in [3.63, 3.8) is 0 Å². The topological polar surface area (TPSA) is 70.7 Å². The number of fused-ring (bicyclic) bond motifs is 1. The molecule has 0 bridgehead atoms. The number of carbonyl (C=O) groups is 2. The molecule has 0 spiro atoms. The maximum atomic E-state index is 12.5. The summed E-state index contributed by atoms with van der Waals surface area (Å²) in [6.45, 7) is 1.54. The normalized spacial score (nSPS) is 15.6. The van der Waals surface area contributed by atoms with E-state index in [4.69, 9.17) is 4.74 Å². The number of benzene rings is 2. The maximum Gasteiger partial charge on any atom is 0.251 e. The van der Waals surface area contributed by atoms with Crippen molar-refractivity contribution in [2.24, 2.45) is 0 Å². The van der Waals surface area contributed by atoms with Gasteiger partial charge in [0.25, 0.3) is 5.91 Å². The molecule has 142 valence electrons. The number of carbonyl (C=O) groups excluding carboxylic acids is 2. The number of hydrogen-bond acceptors (Lipinski definition) is 4. The fraction of sp³-hybridized carbons (Fsp3) is 0.333. The first-order chi connectivity index (χ1) is 13.1. The molecule has 3 rings (SSSR count). The Morgan fingerprint density at radius 3 is 2.63 bits per heavy atom. The molecule has 27 heavy (non-hydrogen) atoms. The van der Waals surface area contributed by atoms with Gasteiger partial charge in [-0.2, -0.15) is 0 Å². The first-order valence-electron chi connectivity index (χ1n) is 9.07. The molecule has 0 fully saturated rings. The average molecular weight is 367 g/mol. The van der Waals surface area contributed by atoms with Gasteiger partial charge in [0.2, 0.25) is 5.91 Å². The zero-order chi connectivity index (χ0) is 19.2. The van der Waals surface area contributed by atoms with Crippen LogP contribution in [0.1, 0.15) is 33.9 Å². The zero-order valence-corrected chi connectivity index (χ0v) is 15.7. The van der Waals surface area contributed by atoms with Crippen LogP contribution < -0.4 is 15.4 Å². The van der Waals surface area contributed by atoms with Crippen molar-refractivity contribution in [2.45, 2.75) is 19.0 Å². The largest absolute Gasteiger partial charge is 0.493 e. The van der Waals surface area contributed by atoms with Crippen LogP contribution in [-0.4, -0.2) is 44.0 Å². The van der Waals surface area contributed by atoms with Gasteiger partial charge in [-0.15, -0.1) is 0 Å². The standard InChI is InChI=1S/C21H25N3O3/c1-22-21(26)16-9-7-15(8-10-16)13-24(2)14-20(25)23-18-11-12-27-19-6-4-3-5-17(18)19/h3-10,18H,11-14H2,1-2H3,(H,22,26)(H,23,25). The van der Waals surface area contributed by atoms with E-state index in [2.05, 4.69) is 10.6 Å². The predicted molar refractivity (Wildman–Crippen MR) is 104 cm³/mol. The third kappa shape index (κ3) is 4.86. The van der Waals surface area contributed by atoms with E-state index in [0.29, 0.717) is 25.3 Å². The van der Waals surface area contributed by atoms with Crippen molar-refractivity contribution in [3.8, 4) is 5.75 Å². The van der Waals surface area contributed by atoms with Crippen LogP contribution in [0.2, 0.25) is 0 Å². The van der Waals surface area contributed by atoms with Crippen molar-refractivity contribution in [1.82, 2.24) is 15.5 Å². The fourth-order valence-electron chi connectivity index (χ4n) is 3.25. The summed E-state index contributed by atoms with van der Waals surface area (Å²) in [6.07, 6.45) is 0.771. The molecule has 2 aromatic rings. The minimum absolute atomic E-state index is 0.0114. The zero-order valence-electron chi connectivity index (χ0n) is 15.7. The molecule has 0 saturated heterocycles. The number of nitrogens with zero attached hydrogens (tertiary/aromatic N) is 1. The third-order valence-corrected chi connectivity index (χ3v) is 4.60. The van der Waals surface area contributed by atoms with Crippen molar-refractivity contribution in [2.75, 3.05) is 27.2 Å². The predicted octanol–water partition coefficient (Wildman–Crippen LogP) is 2.12. The molecule has 1 unspecified atom stereocenters. The lowest BCUT2D eigenvalue weighted by molar-refractivity contribution is -0.123. The Morgan fingerprint density at radius 1 is 1.15 bits per heavy atom. The number of nitrogens with one attached hydrogen (secondary N) is 2. The second kappa shape index (κ2) is 8.68. The van der Waals surface area contributed by atoms with Crippen LogP contribution in [0, 0.1) is 0 Å². The summed E-state index contributed by atoms with van der Waals surface area (Å²) in [6, 6.07) is 15.2. The quantitative estimate of drug-likeness (QED) is 0.820. The molecule has 1 atom stereocenters. The van der Waals surface area contributed by atoms with Crippen LogP contribution in [0.3, 0.4) is 0 Å². The van der Waals surface area contributed by atoms with Crippen LogP contribution in [0.15, 0.2) is 48.5 Å². The molecular formula is C21H25N3O3. The van der Waals surface area contributed by atoms with E-state index >= 15 is 0 Å². The van der Waals surface area contributed by atoms with Gasteiger partial charge >= 0.3 is 0 Å². The molecule has 6 heteroatoms. The lowest BCUT2D eigenvalue weighted by atomic mass is 10.0. The molecule has 0 radical (unpaired) electrons. The highest BCUT2D eigenvalue weighted by molar-refractivity contribution is 5.93. The lowest BCUT2D eigenvalue weighted by Gasteiger charge is -2.27. The monoisotopic (exact) mass is 367 g/mol. The highest BCUT2D eigenvalue weighted by atomic mass is 16.5. The molecule has 0 aromatic heterocycles. The van der Waals surface area contributed by atoms with Crippen molar-refractivity contribution < 1.29 is 14.3 Å². The molecule has 0 aliphatic carbocycles. The van der Waals surface area contributed by atoms with E-state index in [1.807, 2.05) is 48.3 Å². The Labute approximate surface area is 159 Å². The number of likely N-dealkylation sites (N-methyl/N-ethyl adjacent to an activating group) is 1. The highest BCUT2D eigenvalue weighted by Crippen LogP contribution is 2.31. The van der Waals surface area contributed by atoms with Crippen molar-refractivity contribution in [3.05, 3.63) is 65.2 Å². The van der Waals surface area contributed by atoms with Crippen LogP contribution >= 0.6 is 0 Å². The third-order valence-electron chi connectivity index (χ3n) is 4.60. The number of rotatable bonds is 6. The molecule has 2 aromatic carbocycles. The minimum Gasteiger partial charge on any atom is -0.493 e. The Morgan fingerprint density at radius 2 is 1.89 bits per heavy atom. The average Bonchev–Trinajstić information content (AvgIpc) is 2.68. The summed E-state index contributed by atoms with van der Waals surface area (Å²) in [4.78, 5) is 26.0. The molecule has 1 aliphatic heterocycles. The van der Waals surface area contributed by atoms with Gasteiger partial charge in [0.05, 0.1) is 19.2 Å². The lowest BCUT2D eigenvalue weighted by Crippen LogP contribution is -2.38. The van der Waals surface area contributed by atoms with Crippen molar-refractivity contribution in [1.29, 1.82) is 0 Å². The van der Waals surface area contributed by atoms with Crippen LogP contribution in [-0.2, 0) is 11.3 Å². The van der Waals surface area contributed by atoms with Gasteiger partial charge < -0.3 is 15.4 Å². The summed E-state index contributed by atoms with van der Waals surface area (Å²) in [5, 5.41) is 5.71. The maximum absolute atomic E-state index is 12.5. The van der Waals surface area contributed by atoms with E-state index in [0.717, 1.165) is 23.3 Å². The summed E-state index contributed by atoms with van der Waals surface area (Å²) in [5.41, 5.74) is 2.71. The van der Waals surface area contributed by atoms with E-state index < -0.39 is 0 Å². The summed E-state index contributed by atoms with van der Waals surface area (Å²) in [5.74, 6) is 0.728.